The van der Waals surface area contributed by atoms with Crippen LogP contribution in [0.3, 0.4) is 0 Å². The molecule has 0 amide bonds. The van der Waals surface area contributed by atoms with Gasteiger partial charge in [0.15, 0.2) is 0 Å². The van der Waals surface area contributed by atoms with Crippen molar-refractivity contribution in [3.8, 4) is 22.5 Å². The fourth-order valence-electron chi connectivity index (χ4n) is 4.85. The SMILES string of the molecule is Cc1ccc(-c2[c-]cccc2)nc1.Cc1cnc(-c2[c-]ccc3c2oc2nc(CCc4ccccc4)ccc23)cc1C.[Ir]. The van der Waals surface area contributed by atoms with Crippen LogP contribution in [-0.4, -0.2) is 15.0 Å². The van der Waals surface area contributed by atoms with E-state index in [4.69, 9.17) is 9.40 Å². The summed E-state index contributed by atoms with van der Waals surface area (Å²) in [4.78, 5) is 13.7. The third kappa shape index (κ3) is 6.97. The number of rotatable bonds is 5. The Bertz CT molecular complexity index is 1950. The molecule has 0 saturated carbocycles. The molecule has 215 valence electrons. The summed E-state index contributed by atoms with van der Waals surface area (Å²) < 4.78 is 6.22. The molecule has 7 rings (SSSR count). The van der Waals surface area contributed by atoms with Crippen LogP contribution in [0.25, 0.3) is 44.6 Å². The molecule has 0 atom stereocenters. The van der Waals surface area contributed by atoms with Crippen molar-refractivity contribution >= 4 is 22.1 Å². The number of fused-ring (bicyclic) bond motifs is 3. The first-order valence-electron chi connectivity index (χ1n) is 14.2. The molecule has 4 aromatic heterocycles. The van der Waals surface area contributed by atoms with E-state index in [1.165, 1.54) is 22.3 Å². The fraction of sp³-hybridized carbons (Fsp3) is 0.132. The molecule has 4 nitrogen and oxygen atoms in total. The Balaban J connectivity index is 0.000000221. The molecule has 0 aliphatic rings. The van der Waals surface area contributed by atoms with Gasteiger partial charge >= 0.3 is 0 Å². The van der Waals surface area contributed by atoms with E-state index in [1.54, 1.807) is 0 Å². The van der Waals surface area contributed by atoms with Gasteiger partial charge in [-0.25, -0.2) is 4.98 Å². The van der Waals surface area contributed by atoms with Gasteiger partial charge in [0.2, 0.25) is 5.71 Å². The predicted molar refractivity (Wildman–Crippen MR) is 170 cm³/mol. The Labute approximate surface area is 266 Å². The summed E-state index contributed by atoms with van der Waals surface area (Å²) in [5.74, 6) is 0. The summed E-state index contributed by atoms with van der Waals surface area (Å²) >= 11 is 0. The van der Waals surface area contributed by atoms with E-state index in [-0.39, 0.29) is 20.1 Å². The molecule has 0 aliphatic heterocycles. The molecule has 43 heavy (non-hydrogen) atoms. The molecule has 0 aliphatic carbocycles. The third-order valence-electron chi connectivity index (χ3n) is 7.39. The van der Waals surface area contributed by atoms with Gasteiger partial charge in [-0.05, 0) is 73.8 Å². The van der Waals surface area contributed by atoms with Crippen LogP contribution in [0.15, 0.2) is 114 Å². The van der Waals surface area contributed by atoms with Gasteiger partial charge in [0.25, 0.3) is 0 Å². The smallest absolute Gasteiger partial charge is 0.216 e. The van der Waals surface area contributed by atoms with Crippen molar-refractivity contribution in [2.24, 2.45) is 0 Å². The second-order valence-corrected chi connectivity index (χ2v) is 10.5. The van der Waals surface area contributed by atoms with E-state index in [1.807, 2.05) is 67.8 Å². The van der Waals surface area contributed by atoms with Gasteiger partial charge in [0.05, 0.1) is 5.58 Å². The maximum Gasteiger partial charge on any atom is 0.216 e. The van der Waals surface area contributed by atoms with Crippen LogP contribution in [0.4, 0.5) is 0 Å². The minimum absolute atomic E-state index is 0. The molecular formula is C38H31IrN3O-2. The van der Waals surface area contributed by atoms with Crippen molar-refractivity contribution < 1.29 is 24.5 Å². The third-order valence-corrected chi connectivity index (χ3v) is 7.39. The van der Waals surface area contributed by atoms with E-state index >= 15 is 0 Å². The largest absolute Gasteiger partial charge is 0.486 e. The first kappa shape index (κ1) is 30.0. The summed E-state index contributed by atoms with van der Waals surface area (Å²) in [6.45, 7) is 6.20. The van der Waals surface area contributed by atoms with Gasteiger partial charge in [-0.15, -0.1) is 54.1 Å². The van der Waals surface area contributed by atoms with Gasteiger partial charge < -0.3 is 14.4 Å². The molecule has 0 N–H and O–H groups in total. The maximum atomic E-state index is 6.22. The molecule has 0 unspecified atom stereocenters. The fourth-order valence-corrected chi connectivity index (χ4v) is 4.85. The molecule has 0 saturated heterocycles. The summed E-state index contributed by atoms with van der Waals surface area (Å²) in [6.07, 6.45) is 5.62. The minimum Gasteiger partial charge on any atom is -0.486 e. The monoisotopic (exact) mass is 738 g/mol. The Morgan fingerprint density at radius 1 is 0.674 bits per heavy atom. The molecule has 1 radical (unpaired) electrons. The zero-order chi connectivity index (χ0) is 28.9. The summed E-state index contributed by atoms with van der Waals surface area (Å²) in [7, 11) is 0. The Hall–Kier alpha value is -4.44. The quantitative estimate of drug-likeness (QED) is 0.166. The molecule has 4 heterocycles. The molecule has 5 heteroatoms. The van der Waals surface area contributed by atoms with E-state index in [2.05, 4.69) is 84.5 Å². The first-order chi connectivity index (χ1) is 20.5. The molecule has 7 aromatic rings. The van der Waals surface area contributed by atoms with Crippen LogP contribution in [-0.2, 0) is 32.9 Å². The van der Waals surface area contributed by atoms with Crippen molar-refractivity contribution in [1.29, 1.82) is 0 Å². The first-order valence-corrected chi connectivity index (χ1v) is 14.2. The zero-order valence-corrected chi connectivity index (χ0v) is 26.8. The topological polar surface area (TPSA) is 51.8 Å². The van der Waals surface area contributed by atoms with Crippen molar-refractivity contribution in [2.45, 2.75) is 33.6 Å². The summed E-state index contributed by atoms with van der Waals surface area (Å²) in [5, 5.41) is 2.08. The Morgan fingerprint density at radius 2 is 1.49 bits per heavy atom. The maximum absolute atomic E-state index is 6.22. The number of hydrogen-bond acceptors (Lipinski definition) is 4. The number of aromatic nitrogens is 3. The van der Waals surface area contributed by atoms with Gasteiger partial charge in [0, 0.05) is 43.6 Å². The second-order valence-electron chi connectivity index (χ2n) is 10.5. The average Bonchev–Trinajstić information content (AvgIpc) is 3.41. The second kappa shape index (κ2) is 13.7. The van der Waals surface area contributed by atoms with Crippen LogP contribution in [0, 0.1) is 32.9 Å². The number of nitrogens with zero attached hydrogens (tertiary/aromatic N) is 3. The van der Waals surface area contributed by atoms with Gasteiger partial charge in [0.1, 0.15) is 0 Å². The van der Waals surface area contributed by atoms with Crippen LogP contribution in [0.2, 0.25) is 0 Å². The van der Waals surface area contributed by atoms with Crippen LogP contribution in [0.1, 0.15) is 27.9 Å². The molecule has 3 aromatic carbocycles. The zero-order valence-electron chi connectivity index (χ0n) is 24.4. The van der Waals surface area contributed by atoms with Crippen molar-refractivity contribution in [1.82, 2.24) is 15.0 Å². The standard InChI is InChI=1S/C26H21N2O.C12H10N.Ir/c1-17-15-24(27-16-18(17)2)23-10-6-9-21-22-14-13-20(28-26(22)29-25(21)23)12-11-19-7-4-3-5-8-19;1-10-7-8-12(13-9-10)11-5-3-2-4-6-11;/h3-9,13-16H,11-12H2,1-2H3;2-5,7-9H,1H3;/q2*-1;. The number of pyridine rings is 3. The van der Waals surface area contributed by atoms with Crippen LogP contribution in [0.5, 0.6) is 0 Å². The molecule has 0 spiro atoms. The molecule has 0 bridgehead atoms. The normalized spacial score (nSPS) is 10.7. The average molecular weight is 738 g/mol. The van der Waals surface area contributed by atoms with E-state index in [0.29, 0.717) is 5.71 Å². The van der Waals surface area contributed by atoms with Crippen LogP contribution < -0.4 is 0 Å². The summed E-state index contributed by atoms with van der Waals surface area (Å²) in [5.41, 5.74) is 11.2. The van der Waals surface area contributed by atoms with Crippen molar-refractivity contribution in [3.05, 3.63) is 150 Å². The molecule has 0 fully saturated rings. The number of hydrogen-bond donors (Lipinski definition) is 0. The Morgan fingerprint density at radius 3 is 2.23 bits per heavy atom. The van der Waals surface area contributed by atoms with Crippen molar-refractivity contribution in [2.75, 3.05) is 0 Å². The van der Waals surface area contributed by atoms with Gasteiger partial charge in [-0.3, -0.25) is 0 Å². The molecular weight excluding hydrogens is 707 g/mol. The minimum atomic E-state index is 0. The van der Waals surface area contributed by atoms with Crippen molar-refractivity contribution in [3.63, 3.8) is 0 Å². The summed E-state index contributed by atoms with van der Waals surface area (Å²) in [6, 6.07) is 39.2. The van der Waals surface area contributed by atoms with E-state index in [9.17, 15) is 0 Å². The van der Waals surface area contributed by atoms with Gasteiger partial charge in [-0.2, -0.15) is 0 Å². The number of furan rings is 1. The van der Waals surface area contributed by atoms with Crippen LogP contribution >= 0.6 is 0 Å². The number of aryl methyl sites for hydroxylation is 5. The number of benzene rings is 3. The van der Waals surface area contributed by atoms with E-state index in [0.717, 1.165) is 57.4 Å². The Kier molecular flexibility index (Phi) is 9.56. The van der Waals surface area contributed by atoms with E-state index < -0.39 is 0 Å². The predicted octanol–water partition coefficient (Wildman–Crippen LogP) is 9.10. The van der Waals surface area contributed by atoms with Gasteiger partial charge in [-0.1, -0.05) is 65.0 Å².